The van der Waals surface area contributed by atoms with Gasteiger partial charge in [-0.05, 0) is 36.6 Å². The largest absolute Gasteiger partial charge is 0.369 e. The van der Waals surface area contributed by atoms with Crippen molar-refractivity contribution in [2.45, 2.75) is 12.9 Å². The van der Waals surface area contributed by atoms with Crippen LogP contribution in [-0.2, 0) is 6.54 Å². The minimum atomic E-state index is -2.64. The van der Waals surface area contributed by atoms with Gasteiger partial charge in [0.05, 0.1) is 16.4 Å². The van der Waals surface area contributed by atoms with Crippen molar-refractivity contribution in [3.63, 3.8) is 0 Å². The second-order valence-electron chi connectivity index (χ2n) is 5.30. The van der Waals surface area contributed by atoms with Crippen molar-refractivity contribution < 1.29 is 19.2 Å². The highest BCUT2D eigenvalue weighted by molar-refractivity contribution is 6.30. The quantitative estimate of drug-likeness (QED) is 0.676. The van der Waals surface area contributed by atoms with Gasteiger partial charge >= 0.3 is 5.69 Å². The molecule has 3 heterocycles. The summed E-state index contributed by atoms with van der Waals surface area (Å²) in [5.74, 6) is 0. The third kappa shape index (κ3) is 3.61. The molecule has 0 N–H and O–H groups in total. The average Bonchev–Trinajstić information content (AvgIpc) is 3.14. The summed E-state index contributed by atoms with van der Waals surface area (Å²) >= 11 is 5.95. The monoisotopic (exact) mass is 385 g/mol. The zero-order valence-corrected chi connectivity index (χ0v) is 14.1. The highest BCUT2D eigenvalue weighted by Gasteiger charge is 2.17. The highest BCUT2D eigenvalue weighted by atomic mass is 35.5. The molecular weight excluding hydrogens is 350 g/mol. The smallest absolute Gasteiger partial charge is 0.350 e. The van der Waals surface area contributed by atoms with Gasteiger partial charge in [-0.3, -0.25) is 9.30 Å². The fourth-order valence-corrected chi connectivity index (χ4v) is 2.46. The Kier molecular flexibility index (Phi) is 2.13. The lowest BCUT2D eigenvalue weighted by atomic mass is 10.2. The topological polar surface area (TPSA) is 45.8 Å². The standard InChI is InChI=1S/C19H22ClN5O/c20-16-5-3-6-17(15-16)23-13-11-22(12-14-23)8-4-10-25-19(26)24-9-2-1-7-18(24)21-25/h1-3,5-7,9,15H,4,8,10-14H2/i1D,2D,3D,4D2,5D,6D,7D,9D,13D2,14D2,15D. The number of fused-ring (bicyclic) bond motifs is 1. The van der Waals surface area contributed by atoms with Crippen molar-refractivity contribution in [3.8, 4) is 0 Å². The fourth-order valence-electron chi connectivity index (χ4n) is 2.32. The van der Waals surface area contributed by atoms with Gasteiger partial charge in [0.1, 0.15) is 0 Å². The summed E-state index contributed by atoms with van der Waals surface area (Å²) in [6, 6.07) is -4.66. The number of nitrogens with zero attached hydrogens (tertiary/aromatic N) is 5. The number of aryl methyl sites for hydroxylation is 1. The molecule has 0 spiro atoms. The summed E-state index contributed by atoms with van der Waals surface area (Å²) in [6.45, 7) is -7.86. The number of pyridine rings is 1. The van der Waals surface area contributed by atoms with Crippen LogP contribution in [0.25, 0.3) is 5.65 Å². The lowest BCUT2D eigenvalue weighted by molar-refractivity contribution is 0.248. The molecule has 1 saturated heterocycles. The van der Waals surface area contributed by atoms with E-state index in [-0.39, 0.29) is 0 Å². The van der Waals surface area contributed by atoms with Crippen LogP contribution in [0.4, 0.5) is 5.69 Å². The molecule has 26 heavy (non-hydrogen) atoms. The first-order chi connectivity index (χ1) is 18.2. The maximum atomic E-state index is 12.8. The highest BCUT2D eigenvalue weighted by Crippen LogP contribution is 2.20. The normalized spacial score (nSPS) is 27.8. The minimum absolute atomic E-state index is 0.406. The van der Waals surface area contributed by atoms with Crippen LogP contribution in [0.2, 0.25) is 5.02 Å². The van der Waals surface area contributed by atoms with E-state index in [1.165, 1.54) is 0 Å². The van der Waals surface area contributed by atoms with Crippen LogP contribution in [0.3, 0.4) is 0 Å². The van der Waals surface area contributed by atoms with Crippen LogP contribution in [0.5, 0.6) is 0 Å². The molecule has 1 fully saturated rings. The molecule has 6 nitrogen and oxygen atoms in total. The molecule has 7 heteroatoms. The van der Waals surface area contributed by atoms with Crippen LogP contribution < -0.4 is 10.6 Å². The molecule has 0 unspecified atom stereocenters. The van der Waals surface area contributed by atoms with E-state index in [9.17, 15) is 4.79 Å². The summed E-state index contributed by atoms with van der Waals surface area (Å²) in [5.41, 5.74) is -2.04. The van der Waals surface area contributed by atoms with Crippen molar-refractivity contribution >= 4 is 22.9 Å². The second kappa shape index (κ2) is 7.51. The summed E-state index contributed by atoms with van der Waals surface area (Å²) in [7, 11) is 0. The molecule has 0 bridgehead atoms. The SMILES string of the molecule is [2H]c1c([2H])c(Cl)c([2H])c(N2C([2H])([2H])CN(CC([2H])([2H])Cn3nc4c([2H])c([2H])c([2H])c([2H])n4c3=O)CC2([2H])[2H])c1[2H]. The Hall–Kier alpha value is -2.31. The van der Waals surface area contributed by atoms with Crippen LogP contribution in [-0.4, -0.2) is 51.7 Å². The Labute approximate surface area is 176 Å². The van der Waals surface area contributed by atoms with E-state index in [1.807, 2.05) is 0 Å². The van der Waals surface area contributed by atoms with Gasteiger partial charge in [0, 0.05) is 58.8 Å². The number of benzene rings is 1. The Balaban J connectivity index is 1.65. The molecule has 4 rings (SSSR count). The summed E-state index contributed by atoms with van der Waals surface area (Å²) in [4.78, 5) is 14.4. The van der Waals surface area contributed by atoms with E-state index >= 15 is 0 Å². The number of aromatic nitrogens is 3. The van der Waals surface area contributed by atoms with Crippen molar-refractivity contribution in [1.29, 1.82) is 0 Å². The molecule has 0 aliphatic carbocycles. The van der Waals surface area contributed by atoms with Crippen LogP contribution >= 0.6 is 11.6 Å². The molecular formula is C19H22ClN5O. The maximum Gasteiger partial charge on any atom is 0.350 e. The fraction of sp³-hybridized carbons (Fsp3) is 0.368. The zero-order chi connectivity index (χ0) is 30.3. The molecule has 3 aromatic rings. The Morgan fingerprint density at radius 3 is 2.88 bits per heavy atom. The predicted octanol–water partition coefficient (Wildman–Crippen LogP) is 2.36. The van der Waals surface area contributed by atoms with Gasteiger partial charge in [-0.15, -0.1) is 5.10 Å². The number of piperazine rings is 1. The third-order valence-electron chi connectivity index (χ3n) is 3.55. The number of anilines is 1. The summed E-state index contributed by atoms with van der Waals surface area (Å²) in [6.07, 6.45) is -3.03. The van der Waals surface area contributed by atoms with Crippen LogP contribution in [0.1, 0.15) is 25.6 Å². The zero-order valence-electron chi connectivity index (χ0n) is 27.4. The lowest BCUT2D eigenvalue weighted by Crippen LogP contribution is -2.46. The second-order valence-corrected chi connectivity index (χ2v) is 5.67. The number of rotatable bonds is 5. The number of halogens is 1. The third-order valence-corrected chi connectivity index (χ3v) is 3.74. The van der Waals surface area contributed by atoms with Gasteiger partial charge in [0.15, 0.2) is 5.65 Å². The van der Waals surface area contributed by atoms with E-state index in [4.69, 9.17) is 30.8 Å². The molecule has 0 amide bonds. The maximum absolute atomic E-state index is 12.8. The first-order valence-electron chi connectivity index (χ1n) is 14.6. The van der Waals surface area contributed by atoms with Gasteiger partial charge in [-0.1, -0.05) is 23.7 Å². The molecule has 1 aliphatic rings. The van der Waals surface area contributed by atoms with E-state index in [1.54, 1.807) is 0 Å². The first kappa shape index (κ1) is 7.37. The van der Waals surface area contributed by atoms with Crippen LogP contribution in [0.15, 0.2) is 53.3 Å². The van der Waals surface area contributed by atoms with Crippen molar-refractivity contribution in [2.75, 3.05) is 37.5 Å². The average molecular weight is 386 g/mol. The Morgan fingerprint density at radius 1 is 1.19 bits per heavy atom. The molecule has 1 aromatic carbocycles. The van der Waals surface area contributed by atoms with Gasteiger partial charge in [-0.2, -0.15) is 0 Å². The van der Waals surface area contributed by atoms with E-state index in [0.29, 0.717) is 14.0 Å². The summed E-state index contributed by atoms with van der Waals surface area (Å²) < 4.78 is 116. The van der Waals surface area contributed by atoms with E-state index < -0.39 is 116 Å². The predicted molar refractivity (Wildman–Crippen MR) is 104 cm³/mol. The molecule has 0 saturated carbocycles. The van der Waals surface area contributed by atoms with E-state index in [2.05, 4.69) is 5.10 Å². The van der Waals surface area contributed by atoms with Gasteiger partial charge < -0.3 is 4.90 Å². The molecule has 0 atom stereocenters. The Bertz CT molecular complexity index is 1540. The number of hydrogen-bond acceptors (Lipinski definition) is 4. The molecule has 136 valence electrons. The Morgan fingerprint density at radius 2 is 2.04 bits per heavy atom. The molecule has 0 radical (unpaired) electrons. The van der Waals surface area contributed by atoms with Crippen LogP contribution in [0, 0.1) is 0 Å². The van der Waals surface area contributed by atoms with Crippen molar-refractivity contribution in [3.05, 3.63) is 64.0 Å². The summed E-state index contributed by atoms with van der Waals surface area (Å²) in [5, 5.41) is 3.32. The number of hydrogen-bond donors (Lipinski definition) is 0. The van der Waals surface area contributed by atoms with Crippen molar-refractivity contribution in [1.82, 2.24) is 19.1 Å². The van der Waals surface area contributed by atoms with Gasteiger partial charge in [0.2, 0.25) is 0 Å². The lowest BCUT2D eigenvalue weighted by Gasteiger charge is -2.36. The van der Waals surface area contributed by atoms with Crippen molar-refractivity contribution in [2.24, 2.45) is 0 Å². The van der Waals surface area contributed by atoms with Gasteiger partial charge in [0.25, 0.3) is 0 Å². The molecule has 2 aromatic heterocycles. The van der Waals surface area contributed by atoms with Gasteiger partial charge in [-0.25, -0.2) is 9.48 Å². The molecule has 1 aliphatic heterocycles. The van der Waals surface area contributed by atoms with E-state index in [0.717, 1.165) is 4.90 Å². The first-order valence-corrected chi connectivity index (χ1v) is 7.94. The minimum Gasteiger partial charge on any atom is -0.369 e.